The fourth-order valence-corrected chi connectivity index (χ4v) is 1.04. The Bertz CT molecular complexity index is 210. The van der Waals surface area contributed by atoms with Crippen molar-refractivity contribution in [1.29, 1.82) is 0 Å². The summed E-state index contributed by atoms with van der Waals surface area (Å²) in [6.45, 7) is 5.24. The lowest BCUT2D eigenvalue weighted by atomic mass is 10.1. The molecular weight excluding hydrogens is 184 g/mol. The zero-order chi connectivity index (χ0) is 11.0. The minimum Gasteiger partial charge on any atom is -0.481 e. The van der Waals surface area contributed by atoms with Gasteiger partial charge in [0.1, 0.15) is 6.10 Å². The Morgan fingerprint density at radius 1 is 1.57 bits per heavy atom. The van der Waals surface area contributed by atoms with Crippen LogP contribution in [0.3, 0.4) is 0 Å². The average molecular weight is 200 g/mol. The molecule has 0 aliphatic carbocycles. The summed E-state index contributed by atoms with van der Waals surface area (Å²) >= 11 is 0. The van der Waals surface area contributed by atoms with Crippen molar-refractivity contribution in [2.45, 2.75) is 38.7 Å². The van der Waals surface area contributed by atoms with Crippen LogP contribution in [-0.2, 0) is 14.3 Å². The summed E-state index contributed by atoms with van der Waals surface area (Å²) in [5.41, 5.74) is 0. The number of hydrogen-bond donors (Lipinski definition) is 1. The molecule has 0 aromatic carbocycles. The molecule has 0 aromatic rings. The quantitative estimate of drug-likeness (QED) is 0.502. The standard InChI is InChI=1S/C10H16O4/c1-3-5-6-8(7-9(11)12)14-10(13)4-2/h4,8H,2-3,5-7H2,1H3,(H,11,12). The molecule has 0 heterocycles. The Morgan fingerprint density at radius 2 is 2.21 bits per heavy atom. The molecule has 0 aliphatic heterocycles. The Kier molecular flexibility index (Phi) is 6.45. The van der Waals surface area contributed by atoms with E-state index in [1.807, 2.05) is 6.92 Å². The fourth-order valence-electron chi connectivity index (χ4n) is 1.04. The van der Waals surface area contributed by atoms with Gasteiger partial charge in [0.25, 0.3) is 0 Å². The van der Waals surface area contributed by atoms with Gasteiger partial charge in [-0.05, 0) is 6.42 Å². The van der Waals surface area contributed by atoms with Gasteiger partial charge in [0, 0.05) is 6.08 Å². The fraction of sp³-hybridized carbons (Fsp3) is 0.600. The molecule has 4 heteroatoms. The third-order valence-corrected chi connectivity index (χ3v) is 1.73. The molecule has 14 heavy (non-hydrogen) atoms. The molecule has 0 rings (SSSR count). The molecule has 80 valence electrons. The highest BCUT2D eigenvalue weighted by Crippen LogP contribution is 2.09. The summed E-state index contributed by atoms with van der Waals surface area (Å²) in [7, 11) is 0. The Morgan fingerprint density at radius 3 is 2.64 bits per heavy atom. The number of unbranched alkanes of at least 4 members (excludes halogenated alkanes) is 1. The van der Waals surface area contributed by atoms with Gasteiger partial charge < -0.3 is 9.84 Å². The second-order valence-electron chi connectivity index (χ2n) is 3.00. The number of carbonyl (C=O) groups is 2. The summed E-state index contributed by atoms with van der Waals surface area (Å²) in [5.74, 6) is -1.52. The van der Waals surface area contributed by atoms with Gasteiger partial charge in [0.05, 0.1) is 6.42 Å². The van der Waals surface area contributed by atoms with Crippen molar-refractivity contribution in [3.05, 3.63) is 12.7 Å². The minimum absolute atomic E-state index is 0.139. The minimum atomic E-state index is -0.956. The van der Waals surface area contributed by atoms with Crippen LogP contribution in [0, 0.1) is 0 Å². The highest BCUT2D eigenvalue weighted by Gasteiger charge is 2.15. The zero-order valence-corrected chi connectivity index (χ0v) is 8.36. The average Bonchev–Trinajstić information content (AvgIpc) is 2.13. The van der Waals surface area contributed by atoms with Gasteiger partial charge in [-0.3, -0.25) is 4.79 Å². The number of carboxylic acid groups (broad SMARTS) is 1. The summed E-state index contributed by atoms with van der Waals surface area (Å²) in [5, 5.41) is 8.55. The maximum Gasteiger partial charge on any atom is 0.330 e. The third kappa shape index (κ3) is 6.22. The Balaban J connectivity index is 4.02. The van der Waals surface area contributed by atoms with Crippen LogP contribution in [0.25, 0.3) is 0 Å². The number of carbonyl (C=O) groups excluding carboxylic acids is 1. The molecule has 1 atom stereocenters. The van der Waals surface area contributed by atoms with Crippen LogP contribution in [0.2, 0.25) is 0 Å². The van der Waals surface area contributed by atoms with Gasteiger partial charge >= 0.3 is 11.9 Å². The number of carboxylic acids is 1. The van der Waals surface area contributed by atoms with Crippen molar-refractivity contribution in [2.24, 2.45) is 0 Å². The van der Waals surface area contributed by atoms with E-state index in [0.29, 0.717) is 6.42 Å². The lowest BCUT2D eigenvalue weighted by Gasteiger charge is -2.14. The number of aliphatic carboxylic acids is 1. The lowest BCUT2D eigenvalue weighted by molar-refractivity contribution is -0.148. The Labute approximate surface area is 83.6 Å². The van der Waals surface area contributed by atoms with Gasteiger partial charge in [0.2, 0.25) is 0 Å². The zero-order valence-electron chi connectivity index (χ0n) is 8.36. The largest absolute Gasteiger partial charge is 0.481 e. The van der Waals surface area contributed by atoms with E-state index < -0.39 is 18.0 Å². The van der Waals surface area contributed by atoms with Gasteiger partial charge in [0.15, 0.2) is 0 Å². The van der Waals surface area contributed by atoms with Gasteiger partial charge in [-0.15, -0.1) is 0 Å². The second kappa shape index (κ2) is 7.12. The van der Waals surface area contributed by atoms with Crippen molar-refractivity contribution in [3.8, 4) is 0 Å². The van der Waals surface area contributed by atoms with Crippen LogP contribution in [0.1, 0.15) is 32.6 Å². The van der Waals surface area contributed by atoms with Crippen molar-refractivity contribution in [1.82, 2.24) is 0 Å². The van der Waals surface area contributed by atoms with Gasteiger partial charge in [-0.1, -0.05) is 26.3 Å². The molecule has 1 unspecified atom stereocenters. The van der Waals surface area contributed by atoms with E-state index in [1.54, 1.807) is 0 Å². The van der Waals surface area contributed by atoms with E-state index in [4.69, 9.17) is 9.84 Å². The maximum absolute atomic E-state index is 10.8. The van der Waals surface area contributed by atoms with E-state index in [-0.39, 0.29) is 6.42 Å². The van der Waals surface area contributed by atoms with Crippen molar-refractivity contribution in [3.63, 3.8) is 0 Å². The summed E-state index contributed by atoms with van der Waals surface area (Å²) in [6, 6.07) is 0. The lowest BCUT2D eigenvalue weighted by Crippen LogP contribution is -2.20. The maximum atomic E-state index is 10.8. The SMILES string of the molecule is C=CC(=O)OC(CCCC)CC(=O)O. The summed E-state index contributed by atoms with van der Waals surface area (Å²) in [6.07, 6.45) is 2.75. The van der Waals surface area contributed by atoms with Crippen LogP contribution < -0.4 is 0 Å². The first-order valence-electron chi connectivity index (χ1n) is 4.65. The molecule has 4 nitrogen and oxygen atoms in total. The molecular formula is C10H16O4. The highest BCUT2D eigenvalue weighted by atomic mass is 16.5. The van der Waals surface area contributed by atoms with Gasteiger partial charge in [-0.25, -0.2) is 4.79 Å². The molecule has 0 amide bonds. The van der Waals surface area contributed by atoms with Gasteiger partial charge in [-0.2, -0.15) is 0 Å². The number of rotatable bonds is 7. The number of hydrogen-bond acceptors (Lipinski definition) is 3. The van der Waals surface area contributed by atoms with Crippen molar-refractivity contribution >= 4 is 11.9 Å². The first kappa shape index (κ1) is 12.7. The molecule has 0 spiro atoms. The van der Waals surface area contributed by atoms with E-state index in [2.05, 4.69) is 6.58 Å². The van der Waals surface area contributed by atoms with E-state index in [1.165, 1.54) is 0 Å². The Hall–Kier alpha value is -1.32. The van der Waals surface area contributed by atoms with E-state index in [0.717, 1.165) is 18.9 Å². The number of esters is 1. The molecule has 0 saturated heterocycles. The second-order valence-corrected chi connectivity index (χ2v) is 3.00. The molecule has 0 fully saturated rings. The smallest absolute Gasteiger partial charge is 0.330 e. The molecule has 1 N–H and O–H groups in total. The van der Waals surface area contributed by atoms with Crippen LogP contribution >= 0.6 is 0 Å². The molecule has 0 radical (unpaired) electrons. The first-order valence-corrected chi connectivity index (χ1v) is 4.65. The van der Waals surface area contributed by atoms with Crippen LogP contribution in [-0.4, -0.2) is 23.1 Å². The van der Waals surface area contributed by atoms with E-state index >= 15 is 0 Å². The first-order chi connectivity index (χ1) is 6.60. The van der Waals surface area contributed by atoms with Crippen LogP contribution in [0.15, 0.2) is 12.7 Å². The predicted octanol–water partition coefficient (Wildman–Crippen LogP) is 1.75. The van der Waals surface area contributed by atoms with Crippen LogP contribution in [0.4, 0.5) is 0 Å². The van der Waals surface area contributed by atoms with Crippen molar-refractivity contribution in [2.75, 3.05) is 0 Å². The molecule has 0 saturated carbocycles. The van der Waals surface area contributed by atoms with Crippen molar-refractivity contribution < 1.29 is 19.4 Å². The molecule has 0 bridgehead atoms. The predicted molar refractivity (Wildman–Crippen MR) is 51.9 cm³/mol. The normalized spacial score (nSPS) is 11.8. The summed E-state index contributed by atoms with van der Waals surface area (Å²) in [4.78, 5) is 21.3. The number of ether oxygens (including phenoxy) is 1. The summed E-state index contributed by atoms with van der Waals surface area (Å²) < 4.78 is 4.87. The topological polar surface area (TPSA) is 63.6 Å². The molecule has 0 aromatic heterocycles. The molecule has 0 aliphatic rings. The van der Waals surface area contributed by atoms with Crippen LogP contribution in [0.5, 0.6) is 0 Å². The highest BCUT2D eigenvalue weighted by molar-refractivity contribution is 5.81. The monoisotopic (exact) mass is 200 g/mol. The van der Waals surface area contributed by atoms with E-state index in [9.17, 15) is 9.59 Å². The third-order valence-electron chi connectivity index (χ3n) is 1.73.